The number of halogens is 1. The maximum absolute atomic E-state index is 14.0. The van der Waals surface area contributed by atoms with Gasteiger partial charge in [0, 0.05) is 6.20 Å². The molecule has 8 heteroatoms. The molecule has 0 saturated carbocycles. The van der Waals surface area contributed by atoms with Gasteiger partial charge in [-0.2, -0.15) is 0 Å². The number of aromatic nitrogens is 3. The Kier molecular flexibility index (Phi) is 6.61. The zero-order valence-corrected chi connectivity index (χ0v) is 18.2. The fourth-order valence-corrected chi connectivity index (χ4v) is 4.26. The van der Waals surface area contributed by atoms with E-state index in [1.165, 1.54) is 23.9 Å². The predicted molar refractivity (Wildman–Crippen MR) is 124 cm³/mol. The van der Waals surface area contributed by atoms with Gasteiger partial charge in [0.15, 0.2) is 10.8 Å². The molecule has 0 aliphatic heterocycles. The van der Waals surface area contributed by atoms with Gasteiger partial charge in [0.1, 0.15) is 5.82 Å². The Labute approximate surface area is 188 Å². The molecule has 0 aliphatic carbocycles. The minimum Gasteiger partial charge on any atom is -0.323 e. The number of pyridine rings is 1. The maximum atomic E-state index is 14.0. The minimum atomic E-state index is -0.579. The topological polar surface area (TPSA) is 76.9 Å². The van der Waals surface area contributed by atoms with Crippen LogP contribution in [-0.2, 0) is 11.3 Å². The Bertz CT molecular complexity index is 1310. The van der Waals surface area contributed by atoms with E-state index in [1.54, 1.807) is 35.0 Å². The summed E-state index contributed by atoms with van der Waals surface area (Å²) in [5.74, 6) is -0.862. The maximum Gasteiger partial charge on any atom is 0.263 e. The van der Waals surface area contributed by atoms with Gasteiger partial charge < -0.3 is 5.32 Å². The molecule has 0 aliphatic rings. The van der Waals surface area contributed by atoms with E-state index in [-0.39, 0.29) is 17.2 Å². The molecule has 1 atom stereocenters. The minimum absolute atomic E-state index is 0.117. The van der Waals surface area contributed by atoms with Crippen molar-refractivity contribution in [1.82, 2.24) is 14.5 Å². The van der Waals surface area contributed by atoms with Gasteiger partial charge in [-0.05, 0) is 36.2 Å². The van der Waals surface area contributed by atoms with Crippen molar-refractivity contribution >= 4 is 34.4 Å². The quantitative estimate of drug-likeness (QED) is 0.333. The second-order valence-electron chi connectivity index (χ2n) is 7.13. The molecular weight excluding hydrogens is 427 g/mol. The summed E-state index contributed by atoms with van der Waals surface area (Å²) in [6.07, 6.45) is 2.04. The number of para-hydroxylation sites is 1. The Hall–Kier alpha value is -3.52. The summed E-state index contributed by atoms with van der Waals surface area (Å²) in [5, 5.41) is 2.86. The monoisotopic (exact) mass is 448 g/mol. The third kappa shape index (κ3) is 4.70. The second-order valence-corrected chi connectivity index (χ2v) is 8.30. The number of rotatable bonds is 7. The van der Waals surface area contributed by atoms with Gasteiger partial charge in [-0.1, -0.05) is 61.2 Å². The number of hydrogen-bond acceptors (Lipinski definition) is 5. The predicted octanol–water partition coefficient (Wildman–Crippen LogP) is 4.49. The van der Waals surface area contributed by atoms with E-state index in [1.807, 2.05) is 37.3 Å². The number of nitrogens with zero attached hydrogens (tertiary/aromatic N) is 3. The molecule has 2 heterocycles. The zero-order chi connectivity index (χ0) is 22.5. The molecule has 1 N–H and O–H groups in total. The lowest BCUT2D eigenvalue weighted by molar-refractivity contribution is -0.115. The Morgan fingerprint density at radius 1 is 1.09 bits per heavy atom. The molecule has 0 fully saturated rings. The van der Waals surface area contributed by atoms with E-state index < -0.39 is 11.1 Å². The summed E-state index contributed by atoms with van der Waals surface area (Å²) in [6.45, 7) is 2.17. The first-order valence-electron chi connectivity index (χ1n) is 10.2. The molecule has 0 bridgehead atoms. The van der Waals surface area contributed by atoms with Crippen LogP contribution in [0.2, 0.25) is 0 Å². The van der Waals surface area contributed by atoms with Gasteiger partial charge in [0.2, 0.25) is 5.91 Å². The number of benzene rings is 2. The lowest BCUT2D eigenvalue weighted by Crippen LogP contribution is -2.29. The van der Waals surface area contributed by atoms with Crippen LogP contribution in [0.5, 0.6) is 0 Å². The third-order valence-corrected chi connectivity index (χ3v) is 6.28. The average Bonchev–Trinajstić information content (AvgIpc) is 2.82. The number of carbonyl (C=O) groups excluding carboxylic acids is 1. The van der Waals surface area contributed by atoms with Crippen LogP contribution < -0.4 is 10.9 Å². The molecule has 0 saturated heterocycles. The molecule has 2 aromatic carbocycles. The molecule has 0 spiro atoms. The number of fused-ring (bicyclic) bond motifs is 1. The summed E-state index contributed by atoms with van der Waals surface area (Å²) in [5.41, 5.74) is 1.16. The smallest absolute Gasteiger partial charge is 0.263 e. The van der Waals surface area contributed by atoms with E-state index in [0.29, 0.717) is 29.2 Å². The van der Waals surface area contributed by atoms with Crippen molar-refractivity contribution in [3.05, 3.63) is 94.7 Å². The first kappa shape index (κ1) is 21.7. The summed E-state index contributed by atoms with van der Waals surface area (Å²) in [6, 6.07) is 19.0. The Morgan fingerprint density at radius 2 is 1.84 bits per heavy atom. The van der Waals surface area contributed by atoms with E-state index in [4.69, 9.17) is 0 Å². The Morgan fingerprint density at radius 3 is 2.59 bits per heavy atom. The SMILES string of the molecule is CCC(Sc1nc2ncccc2c(=O)n1Cc1ccccc1)C(=O)Nc1ccccc1F. The number of anilines is 1. The van der Waals surface area contributed by atoms with Crippen molar-refractivity contribution < 1.29 is 9.18 Å². The van der Waals surface area contributed by atoms with Crippen LogP contribution in [0.3, 0.4) is 0 Å². The number of thioether (sulfide) groups is 1. The van der Waals surface area contributed by atoms with Crippen LogP contribution in [-0.4, -0.2) is 25.7 Å². The van der Waals surface area contributed by atoms with Crippen molar-refractivity contribution in [2.45, 2.75) is 30.3 Å². The highest BCUT2D eigenvalue weighted by Gasteiger charge is 2.23. The van der Waals surface area contributed by atoms with Gasteiger partial charge in [0.05, 0.1) is 22.9 Å². The zero-order valence-electron chi connectivity index (χ0n) is 17.4. The van der Waals surface area contributed by atoms with E-state index in [0.717, 1.165) is 5.56 Å². The third-order valence-electron chi connectivity index (χ3n) is 4.92. The molecule has 4 rings (SSSR count). The number of nitrogens with one attached hydrogen (secondary N) is 1. The van der Waals surface area contributed by atoms with Gasteiger partial charge in [-0.15, -0.1) is 0 Å². The first-order valence-corrected chi connectivity index (χ1v) is 11.1. The van der Waals surface area contributed by atoms with Crippen LogP contribution in [0, 0.1) is 5.82 Å². The van der Waals surface area contributed by atoms with Gasteiger partial charge in [0.25, 0.3) is 5.56 Å². The number of hydrogen-bond donors (Lipinski definition) is 1. The number of carbonyl (C=O) groups is 1. The lowest BCUT2D eigenvalue weighted by Gasteiger charge is -2.18. The van der Waals surface area contributed by atoms with Crippen LogP contribution in [0.4, 0.5) is 10.1 Å². The fraction of sp³-hybridized carbons (Fsp3) is 0.167. The standard InChI is InChI=1S/C24H21FN4O2S/c1-2-20(22(30)27-19-13-7-6-12-18(19)25)32-24-28-21-17(11-8-14-26-21)23(31)29(24)15-16-9-4-3-5-10-16/h3-14,20H,2,15H2,1H3,(H,27,30). The molecule has 1 unspecified atom stereocenters. The number of amides is 1. The van der Waals surface area contributed by atoms with Crippen molar-refractivity contribution in [3.63, 3.8) is 0 Å². The molecule has 2 aromatic heterocycles. The van der Waals surface area contributed by atoms with Gasteiger partial charge in [-0.25, -0.2) is 14.4 Å². The Balaban J connectivity index is 1.70. The summed E-state index contributed by atoms with van der Waals surface area (Å²) in [7, 11) is 0. The van der Waals surface area contributed by atoms with E-state index in [2.05, 4.69) is 15.3 Å². The van der Waals surface area contributed by atoms with Crippen LogP contribution in [0.1, 0.15) is 18.9 Å². The fourth-order valence-electron chi connectivity index (χ4n) is 3.26. The highest BCUT2D eigenvalue weighted by atomic mass is 32.2. The molecule has 0 radical (unpaired) electrons. The highest BCUT2D eigenvalue weighted by Crippen LogP contribution is 2.26. The normalized spacial score (nSPS) is 11.9. The van der Waals surface area contributed by atoms with Crippen LogP contribution >= 0.6 is 11.8 Å². The first-order chi connectivity index (χ1) is 15.6. The molecule has 32 heavy (non-hydrogen) atoms. The average molecular weight is 449 g/mol. The van der Waals surface area contributed by atoms with Crippen LogP contribution in [0.25, 0.3) is 11.0 Å². The summed E-state index contributed by atoms with van der Waals surface area (Å²) in [4.78, 5) is 34.9. The van der Waals surface area contributed by atoms with E-state index >= 15 is 0 Å². The summed E-state index contributed by atoms with van der Waals surface area (Å²) < 4.78 is 15.5. The molecule has 6 nitrogen and oxygen atoms in total. The lowest BCUT2D eigenvalue weighted by atomic mass is 10.2. The molecule has 162 valence electrons. The van der Waals surface area contributed by atoms with Crippen molar-refractivity contribution in [3.8, 4) is 0 Å². The van der Waals surface area contributed by atoms with Crippen molar-refractivity contribution in [2.75, 3.05) is 5.32 Å². The van der Waals surface area contributed by atoms with Crippen LogP contribution in [0.15, 0.2) is 82.9 Å². The second kappa shape index (κ2) is 9.74. The highest BCUT2D eigenvalue weighted by molar-refractivity contribution is 8.00. The molecular formula is C24H21FN4O2S. The van der Waals surface area contributed by atoms with Crippen molar-refractivity contribution in [1.29, 1.82) is 0 Å². The van der Waals surface area contributed by atoms with Gasteiger partial charge >= 0.3 is 0 Å². The van der Waals surface area contributed by atoms with Gasteiger partial charge in [-0.3, -0.25) is 14.2 Å². The van der Waals surface area contributed by atoms with E-state index in [9.17, 15) is 14.0 Å². The molecule has 4 aromatic rings. The van der Waals surface area contributed by atoms with Crippen molar-refractivity contribution in [2.24, 2.45) is 0 Å². The largest absolute Gasteiger partial charge is 0.323 e. The molecule has 1 amide bonds. The summed E-state index contributed by atoms with van der Waals surface area (Å²) >= 11 is 1.17.